The number of piperidine rings is 1. The van der Waals surface area contributed by atoms with Crippen LogP contribution in [0.3, 0.4) is 0 Å². The number of nitrogens with one attached hydrogen (secondary N) is 3. The maximum atomic E-state index is 13.7. The van der Waals surface area contributed by atoms with E-state index in [0.29, 0.717) is 6.54 Å². The van der Waals surface area contributed by atoms with E-state index < -0.39 is 11.8 Å². The number of benzene rings is 1. The number of H-pyrrole nitrogens is 1. The first-order chi connectivity index (χ1) is 13.7. The van der Waals surface area contributed by atoms with Gasteiger partial charge in [0, 0.05) is 43.2 Å². The molecule has 1 aromatic carbocycles. The van der Waals surface area contributed by atoms with Gasteiger partial charge in [0.25, 0.3) is 0 Å². The van der Waals surface area contributed by atoms with Crippen molar-refractivity contribution < 1.29 is 9.18 Å². The number of hydrogen-bond donors (Lipinski definition) is 3. The van der Waals surface area contributed by atoms with Gasteiger partial charge in [-0.1, -0.05) is 12.1 Å². The standard InChI is InChI=1S/C20H21FN6O/c21-16-5-1-2-6-17(16)24-20(28)23-15-4-3-11-27(13-15)19-12-18(25-26-19)14-7-9-22-10-8-14/h1-2,5-10,12,15H,3-4,11,13H2,(H,25,26)(H2,23,24,28)/t15-/m0/s1. The van der Waals surface area contributed by atoms with Gasteiger partial charge in [0.2, 0.25) is 0 Å². The molecule has 1 aliphatic heterocycles. The second-order valence-electron chi connectivity index (χ2n) is 6.74. The van der Waals surface area contributed by atoms with Gasteiger partial charge >= 0.3 is 6.03 Å². The molecule has 0 radical (unpaired) electrons. The number of carbonyl (C=O) groups excluding carboxylic acids is 1. The van der Waals surface area contributed by atoms with E-state index in [1.807, 2.05) is 18.2 Å². The number of aromatic nitrogens is 3. The van der Waals surface area contributed by atoms with Gasteiger partial charge in [-0.05, 0) is 37.1 Å². The molecule has 3 heterocycles. The lowest BCUT2D eigenvalue weighted by molar-refractivity contribution is 0.246. The van der Waals surface area contributed by atoms with Crippen molar-refractivity contribution in [1.82, 2.24) is 20.5 Å². The maximum absolute atomic E-state index is 13.7. The van der Waals surface area contributed by atoms with Gasteiger partial charge in [-0.2, -0.15) is 5.10 Å². The Kier molecular flexibility index (Phi) is 5.18. The summed E-state index contributed by atoms with van der Waals surface area (Å²) < 4.78 is 13.7. The van der Waals surface area contributed by atoms with E-state index in [0.717, 1.165) is 36.5 Å². The molecule has 1 aliphatic rings. The zero-order valence-electron chi connectivity index (χ0n) is 15.2. The highest BCUT2D eigenvalue weighted by Gasteiger charge is 2.23. The summed E-state index contributed by atoms with van der Waals surface area (Å²) in [7, 11) is 0. The Morgan fingerprint density at radius 3 is 2.86 bits per heavy atom. The van der Waals surface area contributed by atoms with Crippen LogP contribution in [0, 0.1) is 5.82 Å². The monoisotopic (exact) mass is 380 g/mol. The number of nitrogens with zero attached hydrogens (tertiary/aromatic N) is 3. The van der Waals surface area contributed by atoms with Crippen molar-refractivity contribution in [3.63, 3.8) is 0 Å². The van der Waals surface area contributed by atoms with Crippen molar-refractivity contribution >= 4 is 17.5 Å². The fraction of sp³-hybridized carbons (Fsp3) is 0.250. The summed E-state index contributed by atoms with van der Waals surface area (Å²) in [6, 6.07) is 11.5. The molecule has 3 aromatic rings. The maximum Gasteiger partial charge on any atom is 0.319 e. The summed E-state index contributed by atoms with van der Waals surface area (Å²) in [6.07, 6.45) is 5.28. The van der Waals surface area contributed by atoms with Crippen molar-refractivity contribution in [1.29, 1.82) is 0 Å². The molecule has 28 heavy (non-hydrogen) atoms. The fourth-order valence-electron chi connectivity index (χ4n) is 3.36. The first-order valence-corrected chi connectivity index (χ1v) is 9.22. The molecule has 0 spiro atoms. The number of anilines is 2. The van der Waals surface area contributed by atoms with E-state index in [1.165, 1.54) is 12.1 Å². The number of amides is 2. The van der Waals surface area contributed by atoms with Crippen molar-refractivity contribution in [2.45, 2.75) is 18.9 Å². The molecule has 7 nitrogen and oxygen atoms in total. The van der Waals surface area contributed by atoms with Gasteiger partial charge in [-0.15, -0.1) is 0 Å². The number of rotatable bonds is 4. The van der Waals surface area contributed by atoms with Crippen LogP contribution in [0.1, 0.15) is 12.8 Å². The van der Waals surface area contributed by atoms with Gasteiger partial charge in [-0.25, -0.2) is 9.18 Å². The predicted octanol–water partition coefficient (Wildman–Crippen LogP) is 3.40. The highest BCUT2D eigenvalue weighted by atomic mass is 19.1. The van der Waals surface area contributed by atoms with E-state index in [-0.39, 0.29) is 11.7 Å². The Morgan fingerprint density at radius 1 is 1.21 bits per heavy atom. The van der Waals surface area contributed by atoms with E-state index in [2.05, 4.69) is 30.7 Å². The average molecular weight is 380 g/mol. The number of hydrogen-bond acceptors (Lipinski definition) is 4. The van der Waals surface area contributed by atoms with Gasteiger partial charge < -0.3 is 15.5 Å². The Morgan fingerprint density at radius 2 is 2.04 bits per heavy atom. The number of carbonyl (C=O) groups is 1. The van der Waals surface area contributed by atoms with Crippen LogP contribution in [0.2, 0.25) is 0 Å². The minimum absolute atomic E-state index is 0.0402. The Balaban J connectivity index is 1.37. The van der Waals surface area contributed by atoms with E-state index in [4.69, 9.17) is 0 Å². The minimum Gasteiger partial charge on any atom is -0.353 e. The molecule has 3 N–H and O–H groups in total. The van der Waals surface area contributed by atoms with Gasteiger partial charge in [0.15, 0.2) is 5.82 Å². The fourth-order valence-corrected chi connectivity index (χ4v) is 3.36. The number of halogens is 1. The lowest BCUT2D eigenvalue weighted by Gasteiger charge is -2.33. The summed E-state index contributed by atoms with van der Waals surface area (Å²) in [5.74, 6) is 0.385. The average Bonchev–Trinajstić information content (AvgIpc) is 3.21. The molecular formula is C20H21FN6O. The smallest absolute Gasteiger partial charge is 0.319 e. The summed E-state index contributed by atoms with van der Waals surface area (Å²) in [4.78, 5) is 18.4. The van der Waals surface area contributed by atoms with Crippen molar-refractivity contribution in [2.24, 2.45) is 0 Å². The van der Waals surface area contributed by atoms with Crippen LogP contribution in [-0.2, 0) is 0 Å². The van der Waals surface area contributed by atoms with Crippen molar-refractivity contribution in [3.8, 4) is 11.3 Å². The molecular weight excluding hydrogens is 359 g/mol. The molecule has 4 rings (SSSR count). The Labute approximate surface area is 162 Å². The zero-order valence-corrected chi connectivity index (χ0v) is 15.2. The van der Waals surface area contributed by atoms with Crippen molar-refractivity contribution in [2.75, 3.05) is 23.3 Å². The molecule has 0 unspecified atom stereocenters. The van der Waals surface area contributed by atoms with Crippen LogP contribution < -0.4 is 15.5 Å². The van der Waals surface area contributed by atoms with E-state index in [9.17, 15) is 9.18 Å². The number of pyridine rings is 1. The summed E-state index contributed by atoms with van der Waals surface area (Å²) in [5, 5.41) is 13.0. The normalized spacial score (nSPS) is 16.6. The van der Waals surface area contributed by atoms with E-state index >= 15 is 0 Å². The number of aromatic amines is 1. The molecule has 2 aromatic heterocycles. The molecule has 144 valence electrons. The molecule has 1 saturated heterocycles. The van der Waals surface area contributed by atoms with Crippen LogP contribution >= 0.6 is 0 Å². The second kappa shape index (κ2) is 8.08. The highest BCUT2D eigenvalue weighted by molar-refractivity contribution is 5.89. The number of para-hydroxylation sites is 1. The summed E-state index contributed by atoms with van der Waals surface area (Å²) in [5.41, 5.74) is 2.11. The van der Waals surface area contributed by atoms with Crippen molar-refractivity contribution in [3.05, 3.63) is 60.7 Å². The third-order valence-corrected chi connectivity index (χ3v) is 4.76. The molecule has 8 heteroatoms. The summed E-state index contributed by atoms with van der Waals surface area (Å²) >= 11 is 0. The third-order valence-electron chi connectivity index (χ3n) is 4.76. The van der Waals surface area contributed by atoms with Crippen LogP contribution in [0.5, 0.6) is 0 Å². The quantitative estimate of drug-likeness (QED) is 0.648. The van der Waals surface area contributed by atoms with Crippen LogP contribution in [0.15, 0.2) is 54.9 Å². The minimum atomic E-state index is -0.455. The van der Waals surface area contributed by atoms with Crippen LogP contribution in [0.25, 0.3) is 11.3 Å². The lowest BCUT2D eigenvalue weighted by Crippen LogP contribution is -2.49. The SMILES string of the molecule is O=C(Nc1ccccc1F)N[C@H]1CCCN(c2cc(-c3ccncc3)[nH]n2)C1. The molecule has 1 atom stereocenters. The van der Waals surface area contributed by atoms with Gasteiger partial charge in [0.05, 0.1) is 11.4 Å². The highest BCUT2D eigenvalue weighted by Crippen LogP contribution is 2.24. The Bertz CT molecular complexity index is 945. The largest absolute Gasteiger partial charge is 0.353 e. The first-order valence-electron chi connectivity index (χ1n) is 9.22. The van der Waals surface area contributed by atoms with E-state index in [1.54, 1.807) is 24.5 Å². The molecule has 1 fully saturated rings. The summed E-state index contributed by atoms with van der Waals surface area (Å²) in [6.45, 7) is 1.51. The second-order valence-corrected chi connectivity index (χ2v) is 6.74. The van der Waals surface area contributed by atoms with Gasteiger partial charge in [0.1, 0.15) is 5.82 Å². The van der Waals surface area contributed by atoms with Crippen LogP contribution in [0.4, 0.5) is 20.7 Å². The topological polar surface area (TPSA) is 85.9 Å². The molecule has 0 saturated carbocycles. The molecule has 2 amide bonds. The number of urea groups is 1. The third kappa shape index (κ3) is 4.11. The first kappa shape index (κ1) is 18.0. The van der Waals surface area contributed by atoms with Gasteiger partial charge in [-0.3, -0.25) is 10.1 Å². The molecule has 0 bridgehead atoms. The van der Waals surface area contributed by atoms with Crippen LogP contribution in [-0.4, -0.2) is 40.3 Å². The molecule has 0 aliphatic carbocycles. The zero-order chi connectivity index (χ0) is 19.3. The predicted molar refractivity (Wildman–Crippen MR) is 106 cm³/mol. The lowest BCUT2D eigenvalue weighted by atomic mass is 10.1. The Hall–Kier alpha value is -3.42.